The van der Waals surface area contributed by atoms with Crippen LogP contribution in [0, 0.1) is 0 Å². The summed E-state index contributed by atoms with van der Waals surface area (Å²) in [6, 6.07) is 0. The molecule has 1 aromatic heterocycles. The molecule has 0 unspecified atom stereocenters. The predicted molar refractivity (Wildman–Crippen MR) is 43.1 cm³/mol. The fraction of sp³-hybridized carbons (Fsp3) is 0. The van der Waals surface area contributed by atoms with E-state index in [-0.39, 0.29) is 10.7 Å². The number of carbonyl (C=O) groups excluding carboxylic acids is 2. The molecule has 0 fully saturated rings. The number of nitrogens with zero attached hydrogens (tertiary/aromatic N) is 2. The lowest BCUT2D eigenvalue weighted by Gasteiger charge is -2.01. The lowest BCUT2D eigenvalue weighted by Crippen LogP contribution is -2.17. The molecule has 1 heterocycles. The summed E-state index contributed by atoms with van der Waals surface area (Å²) in [5.41, 5.74) is 0.378. The predicted octanol–water partition coefficient (Wildman–Crippen LogP) is 0.883. The highest BCUT2D eigenvalue weighted by Crippen LogP contribution is 2.25. The fourth-order valence-electron chi connectivity index (χ4n) is 0.860. The van der Waals surface area contributed by atoms with E-state index in [1.54, 1.807) is 0 Å². The largest absolute Gasteiger partial charge is 0.285 e. The minimum absolute atomic E-state index is 0.0671. The van der Waals surface area contributed by atoms with Crippen molar-refractivity contribution in [2.45, 2.75) is 0 Å². The second-order valence-electron chi connectivity index (χ2n) is 2.15. The maximum Gasteiger partial charge on any atom is 0.254 e. The van der Waals surface area contributed by atoms with Crippen LogP contribution in [0.25, 0.3) is 5.03 Å². The Morgan fingerprint density at radius 1 is 1.25 bits per heavy atom. The van der Waals surface area contributed by atoms with E-state index < -0.39 is 11.6 Å². The van der Waals surface area contributed by atoms with E-state index in [2.05, 4.69) is 8.75 Å². The second kappa shape index (κ2) is 2.46. The summed E-state index contributed by atoms with van der Waals surface area (Å²) < 4.78 is 7.45. The van der Waals surface area contributed by atoms with Crippen LogP contribution in [0.4, 0.5) is 0 Å². The van der Waals surface area contributed by atoms with Crippen molar-refractivity contribution in [2.75, 3.05) is 0 Å². The van der Waals surface area contributed by atoms with E-state index in [0.717, 1.165) is 17.8 Å². The van der Waals surface area contributed by atoms with Gasteiger partial charge in [0.15, 0.2) is 5.69 Å². The molecule has 0 aromatic carbocycles. The number of fused-ring (bicyclic) bond motifs is 1. The highest BCUT2D eigenvalue weighted by Gasteiger charge is 2.28. The molecule has 12 heavy (non-hydrogen) atoms. The van der Waals surface area contributed by atoms with Crippen molar-refractivity contribution >= 4 is 39.9 Å². The number of allylic oxidation sites excluding steroid dienone is 1. The lowest BCUT2D eigenvalue weighted by atomic mass is 10.1. The zero-order valence-corrected chi connectivity index (χ0v) is 7.15. The number of ketones is 2. The Bertz CT molecular complexity index is 409. The van der Waals surface area contributed by atoms with E-state index in [0.29, 0.717) is 5.69 Å². The normalized spacial score (nSPS) is 15.9. The van der Waals surface area contributed by atoms with Gasteiger partial charge in [-0.25, -0.2) is 0 Å². The van der Waals surface area contributed by atoms with Gasteiger partial charge < -0.3 is 0 Å². The molecule has 60 valence electrons. The summed E-state index contributed by atoms with van der Waals surface area (Å²) in [6.07, 6.45) is 1.06. The van der Waals surface area contributed by atoms with Gasteiger partial charge >= 0.3 is 0 Å². The summed E-state index contributed by atoms with van der Waals surface area (Å²) in [5, 5.41) is 0.184. The Labute approximate surface area is 76.2 Å². The van der Waals surface area contributed by atoms with Crippen LogP contribution in [0.1, 0.15) is 16.2 Å². The average molecular weight is 201 g/mol. The third-order valence-corrected chi connectivity index (χ3v) is 2.23. The molecule has 0 atom stereocenters. The minimum atomic E-state index is -0.639. The Morgan fingerprint density at radius 3 is 2.67 bits per heavy atom. The van der Waals surface area contributed by atoms with E-state index in [1.807, 2.05) is 0 Å². The third-order valence-electron chi connectivity index (χ3n) is 1.41. The molecule has 1 aliphatic carbocycles. The van der Waals surface area contributed by atoms with Crippen molar-refractivity contribution in [3.05, 3.63) is 17.5 Å². The summed E-state index contributed by atoms with van der Waals surface area (Å²) >= 11 is 6.51. The molecule has 0 bridgehead atoms. The number of Topliss-reactive ketones (excluding diaryl/α,β-unsaturated/α-hetero) is 1. The zero-order valence-electron chi connectivity index (χ0n) is 5.57. The van der Waals surface area contributed by atoms with Crippen molar-refractivity contribution in [2.24, 2.45) is 0 Å². The average Bonchev–Trinajstić information content (AvgIpc) is 2.48. The van der Waals surface area contributed by atoms with Crippen molar-refractivity contribution in [1.82, 2.24) is 8.75 Å². The standard InChI is InChI=1S/C6HClN2O2S/c7-2-1-3(10)6(11)5-4(2)8-12-9-5/h1H. The highest BCUT2D eigenvalue weighted by molar-refractivity contribution is 6.99. The minimum Gasteiger partial charge on any atom is -0.285 e. The molecule has 4 nitrogen and oxygen atoms in total. The topological polar surface area (TPSA) is 59.9 Å². The number of hydrogen-bond acceptors (Lipinski definition) is 5. The summed E-state index contributed by atoms with van der Waals surface area (Å²) in [6.45, 7) is 0. The molecule has 2 rings (SSSR count). The first kappa shape index (κ1) is 7.57. The van der Waals surface area contributed by atoms with Crippen LogP contribution < -0.4 is 0 Å². The molecular weight excluding hydrogens is 200 g/mol. The quantitative estimate of drug-likeness (QED) is 0.584. The van der Waals surface area contributed by atoms with Gasteiger partial charge in [-0.2, -0.15) is 8.75 Å². The summed E-state index contributed by atoms with van der Waals surface area (Å²) in [5.74, 6) is -1.27. The first-order valence-electron chi connectivity index (χ1n) is 2.99. The molecule has 0 radical (unpaired) electrons. The van der Waals surface area contributed by atoms with Gasteiger partial charge in [0.2, 0.25) is 5.78 Å². The Morgan fingerprint density at radius 2 is 1.92 bits per heavy atom. The van der Waals surface area contributed by atoms with Gasteiger partial charge in [0.05, 0.1) is 16.8 Å². The third kappa shape index (κ3) is 0.904. The number of carbonyl (C=O) groups is 2. The van der Waals surface area contributed by atoms with Gasteiger partial charge in [-0.15, -0.1) is 0 Å². The molecule has 0 spiro atoms. The van der Waals surface area contributed by atoms with E-state index in [9.17, 15) is 9.59 Å². The molecule has 0 aliphatic heterocycles. The SMILES string of the molecule is O=C1C=C(Cl)c2nsnc2C1=O. The Kier molecular flexibility index (Phi) is 1.55. The van der Waals surface area contributed by atoms with Gasteiger partial charge in [0.25, 0.3) is 5.78 Å². The van der Waals surface area contributed by atoms with Crippen molar-refractivity contribution in [3.8, 4) is 0 Å². The molecule has 1 aromatic rings. The number of aromatic nitrogens is 2. The van der Waals surface area contributed by atoms with Crippen LogP contribution in [-0.2, 0) is 4.79 Å². The zero-order chi connectivity index (χ0) is 8.72. The van der Waals surface area contributed by atoms with Gasteiger partial charge in [0.1, 0.15) is 5.69 Å². The molecule has 6 heteroatoms. The van der Waals surface area contributed by atoms with Crippen LogP contribution >= 0.6 is 23.3 Å². The van der Waals surface area contributed by atoms with Crippen LogP contribution in [0.3, 0.4) is 0 Å². The maximum atomic E-state index is 11.1. The number of hydrogen-bond donors (Lipinski definition) is 0. The molecule has 0 N–H and O–H groups in total. The summed E-state index contributed by atoms with van der Waals surface area (Å²) in [7, 11) is 0. The van der Waals surface area contributed by atoms with Gasteiger partial charge in [-0.1, -0.05) is 11.6 Å². The second-order valence-corrected chi connectivity index (χ2v) is 3.08. The van der Waals surface area contributed by atoms with Crippen LogP contribution in [0.15, 0.2) is 6.08 Å². The number of rotatable bonds is 0. The first-order chi connectivity index (χ1) is 5.70. The first-order valence-corrected chi connectivity index (χ1v) is 4.10. The van der Waals surface area contributed by atoms with Crippen LogP contribution in [-0.4, -0.2) is 20.3 Å². The highest BCUT2D eigenvalue weighted by atomic mass is 35.5. The fourth-order valence-corrected chi connectivity index (χ4v) is 1.70. The van der Waals surface area contributed by atoms with Crippen molar-refractivity contribution in [1.29, 1.82) is 0 Å². The molecule has 0 saturated heterocycles. The van der Waals surface area contributed by atoms with Crippen molar-refractivity contribution in [3.63, 3.8) is 0 Å². The molecular formula is C6HClN2O2S. The maximum absolute atomic E-state index is 11.1. The van der Waals surface area contributed by atoms with Gasteiger partial charge in [0, 0.05) is 6.08 Å². The molecule has 1 aliphatic rings. The van der Waals surface area contributed by atoms with Gasteiger partial charge in [-0.05, 0) is 0 Å². The summed E-state index contributed by atoms with van der Waals surface area (Å²) in [4.78, 5) is 22.0. The van der Waals surface area contributed by atoms with Crippen LogP contribution in [0.5, 0.6) is 0 Å². The van der Waals surface area contributed by atoms with Gasteiger partial charge in [-0.3, -0.25) is 9.59 Å². The number of halogens is 1. The van der Waals surface area contributed by atoms with Crippen LogP contribution in [0.2, 0.25) is 0 Å². The Balaban J connectivity index is 2.70. The lowest BCUT2D eigenvalue weighted by molar-refractivity contribution is -0.111. The Hall–Kier alpha value is -1.07. The van der Waals surface area contributed by atoms with E-state index in [1.165, 1.54) is 0 Å². The molecule has 0 amide bonds. The monoisotopic (exact) mass is 200 g/mol. The van der Waals surface area contributed by atoms with E-state index in [4.69, 9.17) is 11.6 Å². The van der Waals surface area contributed by atoms with Crippen molar-refractivity contribution < 1.29 is 9.59 Å². The van der Waals surface area contributed by atoms with E-state index >= 15 is 0 Å². The molecule has 0 saturated carbocycles. The smallest absolute Gasteiger partial charge is 0.254 e.